The molecule has 3 amide bonds. The number of amides is 3. The Kier molecular flexibility index (Phi) is 6.21. The van der Waals surface area contributed by atoms with Gasteiger partial charge in [-0.25, -0.2) is 4.79 Å². The second-order valence-corrected chi connectivity index (χ2v) is 8.17. The van der Waals surface area contributed by atoms with E-state index in [4.69, 9.17) is 4.74 Å². The van der Waals surface area contributed by atoms with Crippen molar-refractivity contribution in [2.24, 2.45) is 5.92 Å². The number of carbonyl (C=O) groups is 2. The van der Waals surface area contributed by atoms with Crippen molar-refractivity contribution < 1.29 is 14.3 Å². The van der Waals surface area contributed by atoms with E-state index in [1.807, 2.05) is 35.2 Å². The van der Waals surface area contributed by atoms with Crippen molar-refractivity contribution in [3.8, 4) is 5.75 Å². The van der Waals surface area contributed by atoms with Crippen LogP contribution in [0.1, 0.15) is 24.8 Å². The smallest absolute Gasteiger partial charge is 0.317 e. The lowest BCUT2D eigenvalue weighted by atomic mass is 9.90. The average Bonchev–Trinajstić information content (AvgIpc) is 3.15. The molecule has 6 nitrogen and oxygen atoms in total. The summed E-state index contributed by atoms with van der Waals surface area (Å²) in [5.74, 6) is 1.41. The molecule has 1 N–H and O–H groups in total. The van der Waals surface area contributed by atoms with Crippen molar-refractivity contribution in [3.63, 3.8) is 0 Å². The standard InChI is InChI=1S/C24H29N3O3/c1-30-22-9-7-21(8-10-22)27-17-20(16-23(27)28)25-24(29)26-13-11-19(12-14-26)15-18-5-3-2-4-6-18/h2-10,19-20H,11-17H2,1H3,(H,25,29)/t20-/m0/s1. The fourth-order valence-electron chi connectivity index (χ4n) is 4.37. The molecule has 30 heavy (non-hydrogen) atoms. The van der Waals surface area contributed by atoms with Gasteiger partial charge in [0.2, 0.25) is 5.91 Å². The SMILES string of the molecule is COc1ccc(N2C[C@@H](NC(=O)N3CCC(Cc4ccccc4)CC3)CC2=O)cc1. The van der Waals surface area contributed by atoms with E-state index < -0.39 is 0 Å². The molecule has 2 aliphatic heterocycles. The minimum absolute atomic E-state index is 0.0343. The van der Waals surface area contributed by atoms with Gasteiger partial charge in [0.1, 0.15) is 5.75 Å². The van der Waals surface area contributed by atoms with Crippen LogP contribution in [0.5, 0.6) is 5.75 Å². The first-order chi connectivity index (χ1) is 14.6. The molecule has 0 radical (unpaired) electrons. The molecule has 0 spiro atoms. The Morgan fingerprint density at radius 3 is 2.43 bits per heavy atom. The fraction of sp³-hybridized carbons (Fsp3) is 0.417. The number of carbonyl (C=O) groups excluding carboxylic acids is 2. The first-order valence-corrected chi connectivity index (χ1v) is 10.7. The highest BCUT2D eigenvalue weighted by Crippen LogP contribution is 2.25. The summed E-state index contributed by atoms with van der Waals surface area (Å²) in [6.45, 7) is 2.04. The summed E-state index contributed by atoms with van der Waals surface area (Å²) < 4.78 is 5.17. The van der Waals surface area contributed by atoms with Gasteiger partial charge in [-0.2, -0.15) is 0 Å². The quantitative estimate of drug-likeness (QED) is 0.826. The number of rotatable bonds is 5. The van der Waals surface area contributed by atoms with Crippen molar-refractivity contribution in [3.05, 3.63) is 60.2 Å². The zero-order valence-corrected chi connectivity index (χ0v) is 17.4. The average molecular weight is 408 g/mol. The third kappa shape index (κ3) is 4.75. The molecule has 2 fully saturated rings. The third-order valence-corrected chi connectivity index (χ3v) is 6.11. The van der Waals surface area contributed by atoms with Crippen molar-refractivity contribution >= 4 is 17.6 Å². The molecule has 0 aliphatic carbocycles. The monoisotopic (exact) mass is 407 g/mol. The molecular weight excluding hydrogens is 378 g/mol. The predicted octanol–water partition coefficient (Wildman–Crippen LogP) is 3.46. The summed E-state index contributed by atoms with van der Waals surface area (Å²) in [7, 11) is 1.62. The van der Waals surface area contributed by atoms with E-state index in [2.05, 4.69) is 29.6 Å². The third-order valence-electron chi connectivity index (χ3n) is 6.11. The number of methoxy groups -OCH3 is 1. The van der Waals surface area contributed by atoms with Crippen molar-refractivity contribution in [1.82, 2.24) is 10.2 Å². The van der Waals surface area contributed by atoms with Crippen LogP contribution in [-0.4, -0.2) is 49.6 Å². The molecule has 4 rings (SSSR count). The summed E-state index contributed by atoms with van der Waals surface area (Å²) in [6.07, 6.45) is 3.44. The summed E-state index contributed by atoms with van der Waals surface area (Å²) in [4.78, 5) is 28.8. The number of urea groups is 1. The number of hydrogen-bond donors (Lipinski definition) is 1. The Morgan fingerprint density at radius 2 is 1.77 bits per heavy atom. The van der Waals surface area contributed by atoms with Crippen LogP contribution in [0, 0.1) is 5.92 Å². The highest BCUT2D eigenvalue weighted by Gasteiger charge is 2.33. The van der Waals surface area contributed by atoms with Gasteiger partial charge < -0.3 is 19.9 Å². The van der Waals surface area contributed by atoms with E-state index in [-0.39, 0.29) is 18.0 Å². The Labute approximate surface area is 177 Å². The zero-order valence-electron chi connectivity index (χ0n) is 17.4. The lowest BCUT2D eigenvalue weighted by Crippen LogP contribution is -2.48. The summed E-state index contributed by atoms with van der Waals surface area (Å²) >= 11 is 0. The van der Waals surface area contributed by atoms with E-state index >= 15 is 0 Å². The minimum Gasteiger partial charge on any atom is -0.497 e. The predicted molar refractivity (Wildman–Crippen MR) is 117 cm³/mol. The minimum atomic E-state index is -0.158. The van der Waals surface area contributed by atoms with Crippen LogP contribution in [0.3, 0.4) is 0 Å². The maximum atomic E-state index is 12.7. The highest BCUT2D eigenvalue weighted by atomic mass is 16.5. The fourth-order valence-corrected chi connectivity index (χ4v) is 4.37. The molecule has 2 aromatic carbocycles. The first kappa shape index (κ1) is 20.3. The van der Waals surface area contributed by atoms with Crippen LogP contribution in [0.25, 0.3) is 0 Å². The van der Waals surface area contributed by atoms with Crippen LogP contribution in [0.15, 0.2) is 54.6 Å². The maximum Gasteiger partial charge on any atom is 0.317 e. The molecule has 1 atom stereocenters. The molecule has 2 saturated heterocycles. The molecule has 0 aromatic heterocycles. The first-order valence-electron chi connectivity index (χ1n) is 10.7. The molecular formula is C24H29N3O3. The van der Waals surface area contributed by atoms with Gasteiger partial charge in [0, 0.05) is 31.7 Å². The molecule has 0 saturated carbocycles. The largest absolute Gasteiger partial charge is 0.497 e. The molecule has 158 valence electrons. The number of piperidine rings is 1. The molecule has 6 heteroatoms. The second-order valence-electron chi connectivity index (χ2n) is 8.17. The van der Waals surface area contributed by atoms with Gasteiger partial charge in [0.25, 0.3) is 0 Å². The van der Waals surface area contributed by atoms with Crippen LogP contribution in [-0.2, 0) is 11.2 Å². The molecule has 0 bridgehead atoms. The lowest BCUT2D eigenvalue weighted by molar-refractivity contribution is -0.117. The lowest BCUT2D eigenvalue weighted by Gasteiger charge is -2.33. The Balaban J connectivity index is 1.26. The number of anilines is 1. The normalized spacial score (nSPS) is 19.8. The Hall–Kier alpha value is -3.02. The van der Waals surface area contributed by atoms with Crippen LogP contribution in [0.4, 0.5) is 10.5 Å². The van der Waals surface area contributed by atoms with E-state index in [0.29, 0.717) is 18.9 Å². The number of nitrogens with one attached hydrogen (secondary N) is 1. The molecule has 2 heterocycles. The zero-order chi connectivity index (χ0) is 20.9. The van der Waals surface area contributed by atoms with Crippen molar-refractivity contribution in [2.45, 2.75) is 31.7 Å². The van der Waals surface area contributed by atoms with E-state index in [1.54, 1.807) is 12.0 Å². The van der Waals surface area contributed by atoms with E-state index in [0.717, 1.165) is 43.8 Å². The van der Waals surface area contributed by atoms with Gasteiger partial charge in [0.05, 0.1) is 13.2 Å². The number of likely N-dealkylation sites (tertiary alicyclic amines) is 1. The van der Waals surface area contributed by atoms with Crippen LogP contribution >= 0.6 is 0 Å². The molecule has 2 aliphatic rings. The van der Waals surface area contributed by atoms with Gasteiger partial charge in [-0.1, -0.05) is 30.3 Å². The maximum absolute atomic E-state index is 12.7. The molecule has 0 unspecified atom stereocenters. The van der Waals surface area contributed by atoms with Crippen molar-refractivity contribution in [2.75, 3.05) is 31.6 Å². The summed E-state index contributed by atoms with van der Waals surface area (Å²) in [5, 5.41) is 3.07. The number of ether oxygens (including phenoxy) is 1. The van der Waals surface area contributed by atoms with Gasteiger partial charge in [-0.15, -0.1) is 0 Å². The molecule has 2 aromatic rings. The van der Waals surface area contributed by atoms with Crippen LogP contribution < -0.4 is 15.0 Å². The van der Waals surface area contributed by atoms with E-state index in [9.17, 15) is 9.59 Å². The van der Waals surface area contributed by atoms with Gasteiger partial charge in [-0.05, 0) is 55.0 Å². The highest BCUT2D eigenvalue weighted by molar-refractivity contribution is 5.96. The van der Waals surface area contributed by atoms with Crippen LogP contribution in [0.2, 0.25) is 0 Å². The number of benzene rings is 2. The summed E-state index contributed by atoms with van der Waals surface area (Å²) in [6, 6.07) is 17.8. The summed E-state index contributed by atoms with van der Waals surface area (Å²) in [5.41, 5.74) is 2.20. The Morgan fingerprint density at radius 1 is 1.07 bits per heavy atom. The second kappa shape index (κ2) is 9.20. The van der Waals surface area contributed by atoms with E-state index in [1.165, 1.54) is 5.56 Å². The van der Waals surface area contributed by atoms with Gasteiger partial charge in [-0.3, -0.25) is 4.79 Å². The van der Waals surface area contributed by atoms with Crippen molar-refractivity contribution in [1.29, 1.82) is 0 Å². The van der Waals surface area contributed by atoms with Gasteiger partial charge >= 0.3 is 6.03 Å². The number of nitrogens with zero attached hydrogens (tertiary/aromatic N) is 2. The van der Waals surface area contributed by atoms with Gasteiger partial charge in [0.15, 0.2) is 0 Å². The Bertz CT molecular complexity index is 861. The number of hydrogen-bond acceptors (Lipinski definition) is 3. The topological polar surface area (TPSA) is 61.9 Å².